The molecular weight excluding hydrogens is 330 g/mol. The van der Waals surface area contributed by atoms with Crippen molar-refractivity contribution < 1.29 is 5.11 Å². The van der Waals surface area contributed by atoms with E-state index in [1.807, 2.05) is 24.3 Å². The van der Waals surface area contributed by atoms with E-state index in [1.54, 1.807) is 4.68 Å². The molecule has 122 valence electrons. The highest BCUT2D eigenvalue weighted by Gasteiger charge is 2.51. The first-order valence-corrected chi connectivity index (χ1v) is 8.40. The highest BCUT2D eigenvalue weighted by atomic mass is 35.5. The van der Waals surface area contributed by atoms with Crippen LogP contribution in [0.25, 0.3) is 6.08 Å². The predicted molar refractivity (Wildman–Crippen MR) is 94.7 cm³/mol. The van der Waals surface area contributed by atoms with Crippen LogP contribution in [0.5, 0.6) is 0 Å². The Morgan fingerprint density at radius 2 is 2.04 bits per heavy atom. The first-order chi connectivity index (χ1) is 10.8. The molecular formula is C17H20ClN3OS. The molecule has 3 rings (SSSR count). The average molecular weight is 350 g/mol. The minimum Gasteiger partial charge on any atom is -0.383 e. The van der Waals surface area contributed by atoms with Crippen LogP contribution >= 0.6 is 24.2 Å². The lowest BCUT2D eigenvalue weighted by atomic mass is 9.76. The van der Waals surface area contributed by atoms with Gasteiger partial charge in [-0.25, -0.2) is 9.67 Å². The van der Waals surface area contributed by atoms with Gasteiger partial charge in [0.25, 0.3) is 0 Å². The number of hydrogen-bond acceptors (Lipinski definition) is 4. The first kappa shape index (κ1) is 16.6. The summed E-state index contributed by atoms with van der Waals surface area (Å²) in [5, 5.41) is 16.9. The van der Waals surface area contributed by atoms with Gasteiger partial charge in [-0.3, -0.25) is 0 Å². The van der Waals surface area contributed by atoms with Gasteiger partial charge < -0.3 is 5.11 Å². The Labute approximate surface area is 146 Å². The summed E-state index contributed by atoms with van der Waals surface area (Å²) in [4.78, 5) is 4.03. The standard InChI is InChI=1S/C17H20ClN3OS/c1-16(2)8-7-13(9-12-3-5-14(18)6-4-12)17(16,22)10-21-15(23)19-11-20-21/h3-6,9,11,22H,7-8,10H2,1-2H3,(H,19,20,23). The predicted octanol–water partition coefficient (Wildman–Crippen LogP) is 3.85. The van der Waals surface area contributed by atoms with Crippen LogP contribution < -0.4 is 0 Å². The summed E-state index contributed by atoms with van der Waals surface area (Å²) in [7, 11) is 0. The molecule has 4 nitrogen and oxygen atoms in total. The van der Waals surface area contributed by atoms with E-state index in [-0.39, 0.29) is 5.41 Å². The normalized spacial score (nSPS) is 25.2. The zero-order chi connectivity index (χ0) is 16.7. The van der Waals surface area contributed by atoms with Crippen molar-refractivity contribution in [3.63, 3.8) is 0 Å². The second-order valence-electron chi connectivity index (χ2n) is 6.68. The molecule has 23 heavy (non-hydrogen) atoms. The largest absolute Gasteiger partial charge is 0.383 e. The van der Waals surface area contributed by atoms with E-state index in [0.717, 1.165) is 24.0 Å². The molecule has 1 N–H and O–H groups in total. The minimum absolute atomic E-state index is 0.253. The van der Waals surface area contributed by atoms with E-state index in [1.165, 1.54) is 6.33 Å². The third kappa shape index (κ3) is 3.05. The van der Waals surface area contributed by atoms with Crippen molar-refractivity contribution in [1.29, 1.82) is 0 Å². The second-order valence-corrected chi connectivity index (χ2v) is 7.52. The molecule has 1 fully saturated rings. The van der Waals surface area contributed by atoms with Gasteiger partial charge in [-0.2, -0.15) is 5.10 Å². The Morgan fingerprint density at radius 1 is 1.35 bits per heavy atom. The van der Waals surface area contributed by atoms with Gasteiger partial charge in [0.05, 0.1) is 6.54 Å². The zero-order valence-corrected chi connectivity index (χ0v) is 14.8. The molecule has 0 aliphatic heterocycles. The van der Waals surface area contributed by atoms with Gasteiger partial charge in [-0.1, -0.05) is 43.7 Å². The van der Waals surface area contributed by atoms with Crippen molar-refractivity contribution >= 4 is 30.3 Å². The molecule has 1 unspecified atom stereocenters. The molecule has 0 amide bonds. The van der Waals surface area contributed by atoms with E-state index in [4.69, 9.17) is 11.6 Å². The summed E-state index contributed by atoms with van der Waals surface area (Å²) in [6.45, 7) is 4.52. The molecule has 1 atom stereocenters. The van der Waals surface area contributed by atoms with Crippen LogP contribution in [0, 0.1) is 5.41 Å². The van der Waals surface area contributed by atoms with Gasteiger partial charge in [0, 0.05) is 5.02 Å². The number of nitrogens with zero attached hydrogens (tertiary/aromatic N) is 3. The summed E-state index contributed by atoms with van der Waals surface area (Å²) in [5.41, 5.74) is 0.799. The van der Waals surface area contributed by atoms with Crippen molar-refractivity contribution in [3.8, 4) is 0 Å². The Morgan fingerprint density at radius 3 is 2.65 bits per heavy atom. The van der Waals surface area contributed by atoms with Crippen LogP contribution in [-0.4, -0.2) is 25.5 Å². The third-order valence-electron chi connectivity index (χ3n) is 4.85. The number of hydrogen-bond donors (Lipinski definition) is 2. The lowest BCUT2D eigenvalue weighted by Gasteiger charge is -2.37. The van der Waals surface area contributed by atoms with Crippen LogP contribution in [0.1, 0.15) is 32.3 Å². The van der Waals surface area contributed by atoms with Crippen molar-refractivity contribution in [2.24, 2.45) is 5.41 Å². The number of thiol groups is 1. The highest BCUT2D eigenvalue weighted by Crippen LogP contribution is 2.50. The summed E-state index contributed by atoms with van der Waals surface area (Å²) in [6.07, 6.45) is 5.28. The maximum Gasteiger partial charge on any atom is 0.183 e. The monoisotopic (exact) mass is 349 g/mol. The first-order valence-electron chi connectivity index (χ1n) is 7.58. The summed E-state index contributed by atoms with van der Waals surface area (Å²) >= 11 is 10.2. The molecule has 1 aromatic carbocycles. The molecule has 1 aliphatic rings. The summed E-state index contributed by atoms with van der Waals surface area (Å²) < 4.78 is 1.64. The lowest BCUT2D eigenvalue weighted by Crippen LogP contribution is -2.45. The van der Waals surface area contributed by atoms with E-state index in [2.05, 4.69) is 42.6 Å². The number of aliphatic hydroxyl groups is 1. The maximum atomic E-state index is 11.5. The fourth-order valence-corrected chi connectivity index (χ4v) is 3.45. The van der Waals surface area contributed by atoms with E-state index in [9.17, 15) is 5.11 Å². The van der Waals surface area contributed by atoms with Crippen molar-refractivity contribution in [1.82, 2.24) is 14.8 Å². The van der Waals surface area contributed by atoms with Gasteiger partial charge in [0.2, 0.25) is 0 Å². The Hall–Kier alpha value is -1.30. The quantitative estimate of drug-likeness (QED) is 0.827. The van der Waals surface area contributed by atoms with Gasteiger partial charge in [0.15, 0.2) is 5.16 Å². The smallest absolute Gasteiger partial charge is 0.183 e. The van der Waals surface area contributed by atoms with Crippen LogP contribution in [0.4, 0.5) is 0 Å². The SMILES string of the molecule is CC1(C)CCC(=Cc2ccc(Cl)cc2)C1(O)Cn1ncnc1S. The number of halogens is 1. The van der Waals surface area contributed by atoms with E-state index in [0.29, 0.717) is 16.7 Å². The molecule has 2 aromatic rings. The molecule has 0 saturated heterocycles. The molecule has 6 heteroatoms. The Balaban J connectivity index is 1.98. The van der Waals surface area contributed by atoms with Crippen LogP contribution in [0.2, 0.25) is 5.02 Å². The van der Waals surface area contributed by atoms with Crippen LogP contribution in [0.3, 0.4) is 0 Å². The van der Waals surface area contributed by atoms with Crippen LogP contribution in [0.15, 0.2) is 41.3 Å². The molecule has 0 radical (unpaired) electrons. The molecule has 1 heterocycles. The van der Waals surface area contributed by atoms with Gasteiger partial charge in [0.1, 0.15) is 11.9 Å². The fourth-order valence-electron chi connectivity index (χ4n) is 3.15. The number of benzene rings is 1. The Kier molecular flexibility index (Phi) is 4.29. The average Bonchev–Trinajstić information content (AvgIpc) is 2.98. The van der Waals surface area contributed by atoms with Gasteiger partial charge in [-0.15, -0.1) is 12.6 Å². The third-order valence-corrected chi connectivity index (χ3v) is 5.45. The summed E-state index contributed by atoms with van der Waals surface area (Å²) in [5.74, 6) is 0. The Bertz CT molecular complexity index is 739. The molecule has 1 aliphatic carbocycles. The van der Waals surface area contributed by atoms with Crippen molar-refractivity contribution in [3.05, 3.63) is 46.8 Å². The maximum absolute atomic E-state index is 11.5. The molecule has 0 bridgehead atoms. The van der Waals surface area contributed by atoms with E-state index < -0.39 is 5.60 Å². The van der Waals surface area contributed by atoms with Gasteiger partial charge >= 0.3 is 0 Å². The number of rotatable bonds is 3. The second kappa shape index (κ2) is 5.96. The fraction of sp³-hybridized carbons (Fsp3) is 0.412. The van der Waals surface area contributed by atoms with E-state index >= 15 is 0 Å². The molecule has 1 aromatic heterocycles. The van der Waals surface area contributed by atoms with Gasteiger partial charge in [-0.05, 0) is 41.5 Å². The molecule has 1 saturated carbocycles. The topological polar surface area (TPSA) is 50.9 Å². The number of aromatic nitrogens is 3. The molecule has 0 spiro atoms. The van der Waals surface area contributed by atoms with Crippen LogP contribution in [-0.2, 0) is 6.54 Å². The highest BCUT2D eigenvalue weighted by molar-refractivity contribution is 7.80. The minimum atomic E-state index is -0.988. The zero-order valence-electron chi connectivity index (χ0n) is 13.2. The summed E-state index contributed by atoms with van der Waals surface area (Å²) in [6, 6.07) is 7.63. The van der Waals surface area contributed by atoms with Crippen molar-refractivity contribution in [2.75, 3.05) is 0 Å². The van der Waals surface area contributed by atoms with Crippen molar-refractivity contribution in [2.45, 2.75) is 44.0 Å². The lowest BCUT2D eigenvalue weighted by molar-refractivity contribution is -0.0317.